The minimum Gasteiger partial charge on any atom is -0.314 e. The van der Waals surface area contributed by atoms with Crippen molar-refractivity contribution < 1.29 is 4.79 Å². The van der Waals surface area contributed by atoms with E-state index in [4.69, 9.17) is 0 Å². The van der Waals surface area contributed by atoms with Crippen molar-refractivity contribution in [3.05, 3.63) is 48.0 Å². The second-order valence-electron chi connectivity index (χ2n) is 4.75. The molecule has 0 aromatic heterocycles. The van der Waals surface area contributed by atoms with Crippen LogP contribution in [0.15, 0.2) is 36.9 Å². The smallest absolute Gasteiger partial charge is 0.185 e. The largest absolute Gasteiger partial charge is 0.314 e. The Labute approximate surface area is 133 Å². The molecule has 112 valence electrons. The Hall–Kier alpha value is -0.870. The molecule has 1 atom stereocenters. The molecule has 3 nitrogen and oxygen atoms in total. The van der Waals surface area contributed by atoms with E-state index in [2.05, 4.69) is 23.7 Å². The van der Waals surface area contributed by atoms with Crippen molar-refractivity contribution in [2.24, 2.45) is 0 Å². The standard InChI is InChI=1S/C15H20N2O.2ClH/c1-3-15(18)14-7-5-4-6-13(14)11-17-9-8-16-10-12(17)2;;/h3-7,12,16H,1,8-11H2,2H3;2*1H. The first-order valence-corrected chi connectivity index (χ1v) is 6.42. The molecule has 20 heavy (non-hydrogen) atoms. The number of hydrogen-bond acceptors (Lipinski definition) is 3. The molecule has 1 aliphatic heterocycles. The van der Waals surface area contributed by atoms with Crippen LogP contribution in [0.3, 0.4) is 0 Å². The van der Waals surface area contributed by atoms with Crippen LogP contribution in [0.25, 0.3) is 0 Å². The quantitative estimate of drug-likeness (QED) is 0.684. The molecule has 1 aliphatic rings. The van der Waals surface area contributed by atoms with Gasteiger partial charge in [0.15, 0.2) is 5.78 Å². The fourth-order valence-electron chi connectivity index (χ4n) is 2.35. The molecule has 0 saturated carbocycles. The normalized spacial score (nSPS) is 18.6. The third-order valence-corrected chi connectivity index (χ3v) is 3.48. The summed E-state index contributed by atoms with van der Waals surface area (Å²) in [6.07, 6.45) is 1.39. The van der Waals surface area contributed by atoms with E-state index in [1.54, 1.807) is 0 Å². The van der Waals surface area contributed by atoms with Gasteiger partial charge in [0.25, 0.3) is 0 Å². The van der Waals surface area contributed by atoms with Crippen molar-refractivity contribution in [1.29, 1.82) is 0 Å². The lowest BCUT2D eigenvalue weighted by molar-refractivity contribution is 0.104. The number of benzene rings is 1. The van der Waals surface area contributed by atoms with Crippen LogP contribution in [0.1, 0.15) is 22.8 Å². The van der Waals surface area contributed by atoms with Crippen molar-refractivity contribution in [1.82, 2.24) is 10.2 Å². The van der Waals surface area contributed by atoms with Crippen molar-refractivity contribution >= 4 is 30.6 Å². The summed E-state index contributed by atoms with van der Waals surface area (Å²) in [6.45, 7) is 9.66. The highest BCUT2D eigenvalue weighted by Crippen LogP contribution is 2.15. The second kappa shape index (κ2) is 9.14. The zero-order valence-electron chi connectivity index (χ0n) is 11.7. The van der Waals surface area contributed by atoms with Crippen LogP contribution in [-0.4, -0.2) is 36.4 Å². The van der Waals surface area contributed by atoms with E-state index < -0.39 is 0 Å². The SMILES string of the molecule is C=CC(=O)c1ccccc1CN1CCNCC1C.Cl.Cl. The van der Waals surface area contributed by atoms with Crippen LogP contribution in [0.2, 0.25) is 0 Å². The Morgan fingerprint density at radius 3 is 2.80 bits per heavy atom. The molecule has 1 N–H and O–H groups in total. The highest BCUT2D eigenvalue weighted by Gasteiger charge is 2.19. The van der Waals surface area contributed by atoms with Gasteiger partial charge in [0, 0.05) is 37.8 Å². The molecule has 1 saturated heterocycles. The molecule has 1 unspecified atom stereocenters. The minimum absolute atomic E-state index is 0. The molecule has 1 fully saturated rings. The number of nitrogens with zero attached hydrogens (tertiary/aromatic N) is 1. The predicted molar refractivity (Wildman–Crippen MR) is 88.2 cm³/mol. The summed E-state index contributed by atoms with van der Waals surface area (Å²) in [6, 6.07) is 8.31. The Balaban J connectivity index is 0.00000180. The predicted octanol–water partition coefficient (Wildman–Crippen LogP) is 2.69. The summed E-state index contributed by atoms with van der Waals surface area (Å²) >= 11 is 0. The maximum Gasteiger partial charge on any atom is 0.185 e. The molecule has 0 spiro atoms. The topological polar surface area (TPSA) is 32.3 Å². The van der Waals surface area contributed by atoms with Gasteiger partial charge in [0.2, 0.25) is 0 Å². The van der Waals surface area contributed by atoms with Crippen LogP contribution in [0.4, 0.5) is 0 Å². The fourth-order valence-corrected chi connectivity index (χ4v) is 2.35. The molecule has 1 aromatic rings. The zero-order chi connectivity index (χ0) is 13.0. The van der Waals surface area contributed by atoms with Crippen LogP contribution in [0, 0.1) is 0 Å². The van der Waals surface area contributed by atoms with Crippen molar-refractivity contribution in [2.75, 3.05) is 19.6 Å². The van der Waals surface area contributed by atoms with Gasteiger partial charge in [0.05, 0.1) is 0 Å². The Bertz CT molecular complexity index is 451. The molecular formula is C15H22Cl2N2O. The molecule has 2 rings (SSSR count). The second-order valence-corrected chi connectivity index (χ2v) is 4.75. The number of carbonyl (C=O) groups is 1. The summed E-state index contributed by atoms with van der Waals surface area (Å²) in [7, 11) is 0. The molecule has 1 aromatic carbocycles. The van der Waals surface area contributed by atoms with Gasteiger partial charge >= 0.3 is 0 Å². The lowest BCUT2D eigenvalue weighted by Gasteiger charge is -2.34. The summed E-state index contributed by atoms with van der Waals surface area (Å²) in [5.74, 6) is 0.00777. The summed E-state index contributed by atoms with van der Waals surface area (Å²) < 4.78 is 0. The first kappa shape index (κ1) is 19.1. The number of ketones is 1. The molecule has 0 radical (unpaired) electrons. The maximum atomic E-state index is 11.8. The number of allylic oxidation sites excluding steroid dienone is 1. The van der Waals surface area contributed by atoms with Crippen LogP contribution in [-0.2, 0) is 6.54 Å². The number of carbonyl (C=O) groups excluding carboxylic acids is 1. The first-order chi connectivity index (χ1) is 8.72. The van der Waals surface area contributed by atoms with Gasteiger partial charge in [-0.15, -0.1) is 24.8 Å². The molecular weight excluding hydrogens is 295 g/mol. The number of halogens is 2. The maximum absolute atomic E-state index is 11.8. The van der Waals surface area contributed by atoms with E-state index in [1.165, 1.54) is 6.08 Å². The average molecular weight is 317 g/mol. The van der Waals surface area contributed by atoms with Gasteiger partial charge < -0.3 is 5.32 Å². The van der Waals surface area contributed by atoms with Gasteiger partial charge in [-0.3, -0.25) is 9.69 Å². The lowest BCUT2D eigenvalue weighted by Crippen LogP contribution is -2.49. The third kappa shape index (κ3) is 4.60. The Morgan fingerprint density at radius 2 is 2.15 bits per heavy atom. The number of piperazine rings is 1. The van der Waals surface area contributed by atoms with E-state index in [-0.39, 0.29) is 30.6 Å². The number of nitrogens with one attached hydrogen (secondary N) is 1. The highest BCUT2D eigenvalue weighted by molar-refractivity contribution is 6.05. The van der Waals surface area contributed by atoms with E-state index in [1.807, 2.05) is 24.3 Å². The van der Waals surface area contributed by atoms with E-state index in [0.29, 0.717) is 6.04 Å². The van der Waals surface area contributed by atoms with Gasteiger partial charge in [-0.05, 0) is 18.6 Å². The summed E-state index contributed by atoms with van der Waals surface area (Å²) in [5, 5.41) is 3.37. The van der Waals surface area contributed by atoms with Crippen molar-refractivity contribution in [3.8, 4) is 0 Å². The third-order valence-electron chi connectivity index (χ3n) is 3.48. The molecule has 1 heterocycles. The van der Waals surface area contributed by atoms with Crippen molar-refractivity contribution in [3.63, 3.8) is 0 Å². The van der Waals surface area contributed by atoms with Crippen molar-refractivity contribution in [2.45, 2.75) is 19.5 Å². The Morgan fingerprint density at radius 1 is 1.45 bits per heavy atom. The van der Waals surface area contributed by atoms with E-state index in [9.17, 15) is 4.79 Å². The zero-order valence-corrected chi connectivity index (χ0v) is 13.3. The van der Waals surface area contributed by atoms with Crippen LogP contribution >= 0.6 is 24.8 Å². The first-order valence-electron chi connectivity index (χ1n) is 6.42. The monoisotopic (exact) mass is 316 g/mol. The molecule has 0 bridgehead atoms. The lowest BCUT2D eigenvalue weighted by atomic mass is 10.0. The fraction of sp³-hybridized carbons (Fsp3) is 0.400. The summed E-state index contributed by atoms with van der Waals surface area (Å²) in [5.41, 5.74) is 1.87. The van der Waals surface area contributed by atoms with Gasteiger partial charge in [-0.25, -0.2) is 0 Å². The van der Waals surface area contributed by atoms with E-state index in [0.717, 1.165) is 37.3 Å². The van der Waals surface area contributed by atoms with Gasteiger partial charge in [-0.2, -0.15) is 0 Å². The number of rotatable bonds is 4. The highest BCUT2D eigenvalue weighted by atomic mass is 35.5. The molecule has 5 heteroatoms. The average Bonchev–Trinajstić information content (AvgIpc) is 2.41. The van der Waals surface area contributed by atoms with Crippen LogP contribution < -0.4 is 5.32 Å². The number of hydrogen-bond donors (Lipinski definition) is 1. The summed E-state index contributed by atoms with van der Waals surface area (Å²) in [4.78, 5) is 14.2. The Kier molecular flexibility index (Phi) is 8.74. The molecule has 0 amide bonds. The molecule has 0 aliphatic carbocycles. The minimum atomic E-state index is 0. The van der Waals surface area contributed by atoms with Crippen LogP contribution in [0.5, 0.6) is 0 Å². The van der Waals surface area contributed by atoms with Gasteiger partial charge in [0.1, 0.15) is 0 Å². The van der Waals surface area contributed by atoms with E-state index >= 15 is 0 Å². The van der Waals surface area contributed by atoms with Gasteiger partial charge in [-0.1, -0.05) is 30.8 Å².